The zero-order chi connectivity index (χ0) is 24.9. The Labute approximate surface area is 175 Å². The second kappa shape index (κ2) is 20.6. The minimum absolute atomic E-state index is 0.156. The zero-order valence-corrected chi connectivity index (χ0v) is 17.7. The van der Waals surface area contributed by atoms with Crippen molar-refractivity contribution >= 4 is 17.9 Å². The predicted octanol–water partition coefficient (Wildman–Crippen LogP) is -0.840. The standard InChI is InChI=1S/C6H14O3.3C4H7NO2/c1-2-6(3-7,4-8)5-9;3*1-3(5)2-4(6)7/h7-9H,2-5H2,1H3;3*2H,5H2,1H3,(H,6,7). The fraction of sp³-hybridized carbons (Fsp3) is 0.500. The van der Waals surface area contributed by atoms with Gasteiger partial charge in [0.05, 0.1) is 19.8 Å². The summed E-state index contributed by atoms with van der Waals surface area (Å²) in [4.78, 5) is 29.0. The van der Waals surface area contributed by atoms with Crippen LogP contribution in [0.15, 0.2) is 35.3 Å². The van der Waals surface area contributed by atoms with Gasteiger partial charge in [0, 0.05) is 40.7 Å². The number of hydrogen-bond donors (Lipinski definition) is 9. The van der Waals surface area contributed by atoms with Crippen LogP contribution in [-0.2, 0) is 14.4 Å². The molecule has 0 aliphatic heterocycles. The van der Waals surface area contributed by atoms with Crippen LogP contribution in [0.3, 0.4) is 0 Å². The average Bonchev–Trinajstić information content (AvgIpc) is 2.55. The molecule has 0 saturated heterocycles. The average molecular weight is 437 g/mol. The smallest absolute Gasteiger partial charge is 0.330 e. The minimum atomic E-state index is -1.000. The molecule has 0 unspecified atom stereocenters. The lowest BCUT2D eigenvalue weighted by Gasteiger charge is -2.24. The summed E-state index contributed by atoms with van der Waals surface area (Å²) in [6, 6.07) is 0. The Morgan fingerprint density at radius 1 is 0.667 bits per heavy atom. The van der Waals surface area contributed by atoms with Crippen LogP contribution >= 0.6 is 0 Å². The molecular formula is C18H35N3O9. The molecule has 0 radical (unpaired) electrons. The Bertz CT molecular complexity index is 500. The molecular weight excluding hydrogens is 402 g/mol. The van der Waals surface area contributed by atoms with Crippen LogP contribution in [0.4, 0.5) is 0 Å². The van der Waals surface area contributed by atoms with Gasteiger partial charge >= 0.3 is 17.9 Å². The highest BCUT2D eigenvalue weighted by Crippen LogP contribution is 2.18. The van der Waals surface area contributed by atoms with Gasteiger partial charge in [0.15, 0.2) is 0 Å². The Balaban J connectivity index is -0.000000151. The zero-order valence-electron chi connectivity index (χ0n) is 17.7. The summed E-state index contributed by atoms with van der Waals surface area (Å²) in [6.07, 6.45) is 3.43. The molecule has 30 heavy (non-hydrogen) atoms. The van der Waals surface area contributed by atoms with E-state index < -0.39 is 23.3 Å². The number of allylic oxidation sites excluding steroid dienone is 3. The number of aliphatic hydroxyl groups is 3. The normalized spacial score (nSPS) is 11.5. The van der Waals surface area contributed by atoms with Gasteiger partial charge in [-0.25, -0.2) is 14.4 Å². The third-order valence-electron chi connectivity index (χ3n) is 2.81. The third kappa shape index (κ3) is 32.6. The number of carbonyl (C=O) groups is 3. The molecule has 12 N–H and O–H groups in total. The van der Waals surface area contributed by atoms with Crippen LogP contribution in [0.25, 0.3) is 0 Å². The first-order valence-corrected chi connectivity index (χ1v) is 8.45. The lowest BCUT2D eigenvalue weighted by Crippen LogP contribution is -2.32. The summed E-state index contributed by atoms with van der Waals surface area (Å²) in [5, 5.41) is 49.8. The van der Waals surface area contributed by atoms with Crippen molar-refractivity contribution in [3.8, 4) is 0 Å². The Morgan fingerprint density at radius 3 is 0.867 bits per heavy atom. The van der Waals surface area contributed by atoms with Crippen molar-refractivity contribution < 1.29 is 45.0 Å². The van der Waals surface area contributed by atoms with Gasteiger partial charge in [-0.2, -0.15) is 0 Å². The summed E-state index contributed by atoms with van der Waals surface area (Å²) >= 11 is 0. The van der Waals surface area contributed by atoms with E-state index in [4.69, 9.17) is 47.8 Å². The molecule has 0 aromatic heterocycles. The van der Waals surface area contributed by atoms with E-state index in [0.717, 1.165) is 18.2 Å². The monoisotopic (exact) mass is 437 g/mol. The molecule has 0 amide bonds. The first-order valence-electron chi connectivity index (χ1n) is 8.45. The van der Waals surface area contributed by atoms with Crippen molar-refractivity contribution in [3.63, 3.8) is 0 Å². The predicted molar refractivity (Wildman–Crippen MR) is 111 cm³/mol. The molecule has 0 saturated carbocycles. The second-order valence-electron chi connectivity index (χ2n) is 6.01. The van der Waals surface area contributed by atoms with E-state index in [1.807, 2.05) is 6.92 Å². The molecule has 0 aromatic rings. The lowest BCUT2D eigenvalue weighted by atomic mass is 9.88. The van der Waals surface area contributed by atoms with E-state index in [1.54, 1.807) is 0 Å². The first kappa shape index (κ1) is 34.4. The summed E-state index contributed by atoms with van der Waals surface area (Å²) in [5.41, 5.74) is 15.2. The van der Waals surface area contributed by atoms with Gasteiger partial charge in [-0.1, -0.05) is 6.92 Å². The van der Waals surface area contributed by atoms with E-state index in [1.165, 1.54) is 20.8 Å². The highest BCUT2D eigenvalue weighted by atomic mass is 16.4. The quantitative estimate of drug-likeness (QED) is 0.221. The lowest BCUT2D eigenvalue weighted by molar-refractivity contribution is -0.132. The topological polar surface area (TPSA) is 251 Å². The number of carboxylic acid groups (broad SMARTS) is 3. The molecule has 0 aromatic carbocycles. The van der Waals surface area contributed by atoms with Gasteiger partial charge in [0.25, 0.3) is 0 Å². The van der Waals surface area contributed by atoms with Gasteiger partial charge < -0.3 is 47.8 Å². The van der Waals surface area contributed by atoms with Crippen molar-refractivity contribution in [2.75, 3.05) is 19.8 Å². The maximum Gasteiger partial charge on any atom is 0.330 e. The van der Waals surface area contributed by atoms with Crippen molar-refractivity contribution in [3.05, 3.63) is 35.3 Å². The van der Waals surface area contributed by atoms with Gasteiger partial charge in [-0.05, 0) is 27.2 Å². The number of carboxylic acids is 3. The molecule has 0 aliphatic rings. The number of aliphatic hydroxyl groups excluding tert-OH is 3. The maximum absolute atomic E-state index is 9.65. The molecule has 12 nitrogen and oxygen atoms in total. The number of aliphatic carboxylic acids is 3. The molecule has 0 aliphatic carbocycles. The fourth-order valence-electron chi connectivity index (χ4n) is 1.07. The van der Waals surface area contributed by atoms with Gasteiger partial charge in [-0.15, -0.1) is 0 Å². The number of nitrogens with two attached hydrogens (primary N) is 3. The summed E-state index contributed by atoms with van der Waals surface area (Å²) in [7, 11) is 0. The van der Waals surface area contributed by atoms with Gasteiger partial charge in [0.2, 0.25) is 0 Å². The summed E-state index contributed by atoms with van der Waals surface area (Å²) in [5.74, 6) is -3.00. The first-order chi connectivity index (χ1) is 13.6. The van der Waals surface area contributed by atoms with Crippen LogP contribution in [0, 0.1) is 5.41 Å². The maximum atomic E-state index is 9.65. The molecule has 0 heterocycles. The van der Waals surface area contributed by atoms with Crippen LogP contribution in [0.1, 0.15) is 34.1 Å². The largest absolute Gasteiger partial charge is 0.478 e. The molecule has 0 fully saturated rings. The number of hydrogen-bond acceptors (Lipinski definition) is 9. The van der Waals surface area contributed by atoms with Crippen LogP contribution in [0.5, 0.6) is 0 Å². The van der Waals surface area contributed by atoms with Crippen LogP contribution in [0.2, 0.25) is 0 Å². The third-order valence-corrected chi connectivity index (χ3v) is 2.81. The van der Waals surface area contributed by atoms with Crippen molar-refractivity contribution in [2.24, 2.45) is 22.6 Å². The summed E-state index contributed by atoms with van der Waals surface area (Å²) < 4.78 is 0. The van der Waals surface area contributed by atoms with E-state index in [-0.39, 0.29) is 19.8 Å². The van der Waals surface area contributed by atoms with Crippen LogP contribution in [-0.4, -0.2) is 68.4 Å². The Hall–Kier alpha value is -3.09. The fourth-order valence-corrected chi connectivity index (χ4v) is 1.07. The van der Waals surface area contributed by atoms with Gasteiger partial charge in [-0.3, -0.25) is 0 Å². The van der Waals surface area contributed by atoms with Crippen molar-refractivity contribution in [2.45, 2.75) is 34.1 Å². The highest BCUT2D eigenvalue weighted by Gasteiger charge is 2.24. The number of rotatable bonds is 7. The SMILES string of the molecule is CC(N)=CC(=O)O.CC(N)=CC(=O)O.CC(N)=CC(=O)O.CCC(CO)(CO)CO. The molecule has 0 bridgehead atoms. The van der Waals surface area contributed by atoms with Crippen molar-refractivity contribution in [1.82, 2.24) is 0 Å². The molecule has 0 spiro atoms. The molecule has 176 valence electrons. The molecule has 0 atom stereocenters. The van der Waals surface area contributed by atoms with Crippen molar-refractivity contribution in [1.29, 1.82) is 0 Å². The minimum Gasteiger partial charge on any atom is -0.478 e. The molecule has 12 heteroatoms. The van der Waals surface area contributed by atoms with E-state index in [2.05, 4.69) is 0 Å². The van der Waals surface area contributed by atoms with Gasteiger partial charge in [0.1, 0.15) is 0 Å². The van der Waals surface area contributed by atoms with Crippen LogP contribution < -0.4 is 17.2 Å². The van der Waals surface area contributed by atoms with E-state index in [9.17, 15) is 14.4 Å². The van der Waals surface area contributed by atoms with E-state index in [0.29, 0.717) is 23.5 Å². The Kier molecular flexibility index (Phi) is 23.7. The Morgan fingerprint density at radius 2 is 0.867 bits per heavy atom. The summed E-state index contributed by atoms with van der Waals surface area (Å²) in [6.45, 7) is 5.92. The van der Waals surface area contributed by atoms with E-state index >= 15 is 0 Å². The molecule has 0 rings (SSSR count). The second-order valence-corrected chi connectivity index (χ2v) is 6.01. The highest BCUT2D eigenvalue weighted by molar-refractivity contribution is 5.80.